The van der Waals surface area contributed by atoms with Gasteiger partial charge in [0.2, 0.25) is 0 Å². The minimum atomic E-state index is -0.574. The third-order valence-electron chi connectivity index (χ3n) is 3.01. The van der Waals surface area contributed by atoms with E-state index in [-0.39, 0.29) is 12.6 Å². The lowest BCUT2D eigenvalue weighted by Crippen LogP contribution is -2.33. The van der Waals surface area contributed by atoms with Crippen LogP contribution in [0, 0.1) is 0 Å². The molecule has 2 aromatic rings. The second-order valence-electron chi connectivity index (χ2n) is 4.66. The van der Waals surface area contributed by atoms with E-state index in [9.17, 15) is 5.11 Å². The maximum atomic E-state index is 9.98. The van der Waals surface area contributed by atoms with Crippen LogP contribution in [0.3, 0.4) is 0 Å². The van der Waals surface area contributed by atoms with Crippen molar-refractivity contribution in [2.24, 2.45) is 0 Å². The van der Waals surface area contributed by atoms with E-state index in [1.807, 2.05) is 5.38 Å². The quantitative estimate of drug-likeness (QED) is 0.781. The Labute approximate surface area is 133 Å². The van der Waals surface area contributed by atoms with Crippen molar-refractivity contribution < 1.29 is 9.84 Å². The van der Waals surface area contributed by atoms with Crippen LogP contribution in [-0.2, 0) is 0 Å². The summed E-state index contributed by atoms with van der Waals surface area (Å²) in [5, 5.41) is 17.0. The highest BCUT2D eigenvalue weighted by molar-refractivity contribution is 7.09. The molecule has 0 saturated carbocycles. The lowest BCUT2D eigenvalue weighted by atomic mass is 10.2. The summed E-state index contributed by atoms with van der Waals surface area (Å²) in [5.74, 6) is 0.699. The summed E-state index contributed by atoms with van der Waals surface area (Å²) in [6.45, 7) is 2.80. The molecule has 6 heteroatoms. The van der Waals surface area contributed by atoms with Gasteiger partial charge in [-0.25, -0.2) is 4.98 Å². The van der Waals surface area contributed by atoms with Crippen molar-refractivity contribution in [2.75, 3.05) is 13.2 Å². The Morgan fingerprint density at radius 3 is 2.76 bits per heavy atom. The highest BCUT2D eigenvalue weighted by atomic mass is 35.5. The smallest absolute Gasteiger partial charge is 0.119 e. The van der Waals surface area contributed by atoms with E-state index in [1.165, 1.54) is 0 Å². The molecule has 0 spiro atoms. The third kappa shape index (κ3) is 5.28. The van der Waals surface area contributed by atoms with Gasteiger partial charge in [0.05, 0.1) is 6.04 Å². The summed E-state index contributed by atoms with van der Waals surface area (Å²) in [6, 6.07) is 7.27. The van der Waals surface area contributed by atoms with Gasteiger partial charge in [0.15, 0.2) is 0 Å². The normalized spacial score (nSPS) is 13.9. The number of rotatable bonds is 8. The SMILES string of the molecule is CCC(NCC(O)COc1ccc(Cl)cc1)c1nccs1. The number of hydrogen-bond acceptors (Lipinski definition) is 5. The number of halogens is 1. The molecule has 0 bridgehead atoms. The van der Waals surface area contributed by atoms with Crippen LogP contribution in [0.25, 0.3) is 0 Å². The third-order valence-corrected chi connectivity index (χ3v) is 4.15. The molecule has 4 nitrogen and oxygen atoms in total. The van der Waals surface area contributed by atoms with E-state index >= 15 is 0 Å². The minimum absolute atomic E-state index is 0.176. The molecule has 1 aromatic carbocycles. The van der Waals surface area contributed by atoms with Gasteiger partial charge in [-0.1, -0.05) is 18.5 Å². The van der Waals surface area contributed by atoms with E-state index in [4.69, 9.17) is 16.3 Å². The van der Waals surface area contributed by atoms with E-state index in [1.54, 1.807) is 41.8 Å². The highest BCUT2D eigenvalue weighted by Gasteiger charge is 2.13. The molecule has 0 fully saturated rings. The van der Waals surface area contributed by atoms with Gasteiger partial charge < -0.3 is 15.2 Å². The largest absolute Gasteiger partial charge is 0.491 e. The van der Waals surface area contributed by atoms with Gasteiger partial charge in [0, 0.05) is 23.1 Å². The molecule has 0 amide bonds. The first-order valence-electron chi connectivity index (χ1n) is 6.88. The number of hydrogen-bond donors (Lipinski definition) is 2. The van der Waals surface area contributed by atoms with Crippen LogP contribution in [0.15, 0.2) is 35.8 Å². The van der Waals surface area contributed by atoms with Crippen LogP contribution in [0.1, 0.15) is 24.4 Å². The number of benzene rings is 1. The van der Waals surface area contributed by atoms with Crippen molar-refractivity contribution in [1.82, 2.24) is 10.3 Å². The zero-order chi connectivity index (χ0) is 15.1. The van der Waals surface area contributed by atoms with Crippen LogP contribution in [0.5, 0.6) is 5.75 Å². The zero-order valence-corrected chi connectivity index (χ0v) is 13.4. The number of thiazole rings is 1. The van der Waals surface area contributed by atoms with Crippen molar-refractivity contribution >= 4 is 22.9 Å². The number of ether oxygens (including phenoxy) is 1. The summed E-state index contributed by atoms with van der Waals surface area (Å²) in [6.07, 6.45) is 2.15. The highest BCUT2D eigenvalue weighted by Crippen LogP contribution is 2.19. The van der Waals surface area contributed by atoms with Gasteiger partial charge in [-0.05, 0) is 30.7 Å². The molecular formula is C15H19ClN2O2S. The number of nitrogens with zero attached hydrogens (tertiary/aromatic N) is 1. The standard InChI is InChI=1S/C15H19ClN2O2S/c1-2-14(15-17-7-8-21-15)18-9-12(19)10-20-13-5-3-11(16)4-6-13/h3-8,12,14,18-19H,2,9-10H2,1H3. The Morgan fingerprint density at radius 2 is 2.14 bits per heavy atom. The predicted molar refractivity (Wildman–Crippen MR) is 86.1 cm³/mol. The first kappa shape index (κ1) is 16.2. The van der Waals surface area contributed by atoms with Crippen LogP contribution in [0.4, 0.5) is 0 Å². The fourth-order valence-electron chi connectivity index (χ4n) is 1.87. The summed E-state index contributed by atoms with van der Waals surface area (Å²) < 4.78 is 5.52. The molecule has 0 aliphatic carbocycles. The molecule has 0 aliphatic heterocycles. The second-order valence-corrected chi connectivity index (χ2v) is 6.02. The van der Waals surface area contributed by atoms with Crippen molar-refractivity contribution in [1.29, 1.82) is 0 Å². The number of aliphatic hydroxyl groups excluding tert-OH is 1. The van der Waals surface area contributed by atoms with Crippen molar-refractivity contribution in [3.8, 4) is 5.75 Å². The average Bonchev–Trinajstić information content (AvgIpc) is 3.01. The zero-order valence-electron chi connectivity index (χ0n) is 11.8. The Morgan fingerprint density at radius 1 is 1.38 bits per heavy atom. The monoisotopic (exact) mass is 326 g/mol. The lowest BCUT2D eigenvalue weighted by Gasteiger charge is -2.18. The first-order chi connectivity index (χ1) is 10.2. The molecular weight excluding hydrogens is 308 g/mol. The summed E-state index contributed by atoms with van der Waals surface area (Å²) in [5.41, 5.74) is 0. The van der Waals surface area contributed by atoms with Crippen molar-refractivity contribution in [2.45, 2.75) is 25.5 Å². The number of nitrogens with one attached hydrogen (secondary N) is 1. The molecule has 114 valence electrons. The van der Waals surface area contributed by atoms with E-state index in [0.717, 1.165) is 11.4 Å². The Bertz CT molecular complexity index is 519. The minimum Gasteiger partial charge on any atom is -0.491 e. The maximum absolute atomic E-state index is 9.98. The van der Waals surface area contributed by atoms with E-state index in [2.05, 4.69) is 17.2 Å². The van der Waals surface area contributed by atoms with Crippen LogP contribution in [-0.4, -0.2) is 29.3 Å². The van der Waals surface area contributed by atoms with Gasteiger partial charge in [0.1, 0.15) is 23.5 Å². The van der Waals surface area contributed by atoms with Gasteiger partial charge in [-0.15, -0.1) is 11.3 Å². The average molecular weight is 327 g/mol. The summed E-state index contributed by atoms with van der Waals surface area (Å²) >= 11 is 7.42. The Balaban J connectivity index is 1.74. The molecule has 21 heavy (non-hydrogen) atoms. The molecule has 0 saturated heterocycles. The Hall–Kier alpha value is -1.14. The predicted octanol–water partition coefficient (Wildman–Crippen LogP) is 3.28. The fourth-order valence-corrected chi connectivity index (χ4v) is 2.80. The van der Waals surface area contributed by atoms with Crippen molar-refractivity contribution in [3.05, 3.63) is 45.9 Å². The van der Waals surface area contributed by atoms with Gasteiger partial charge in [0.25, 0.3) is 0 Å². The maximum Gasteiger partial charge on any atom is 0.119 e. The molecule has 1 aromatic heterocycles. The number of aromatic nitrogens is 1. The van der Waals surface area contributed by atoms with Crippen molar-refractivity contribution in [3.63, 3.8) is 0 Å². The summed E-state index contributed by atoms with van der Waals surface area (Å²) in [4.78, 5) is 4.30. The molecule has 2 atom stereocenters. The first-order valence-corrected chi connectivity index (χ1v) is 8.14. The van der Waals surface area contributed by atoms with E-state index < -0.39 is 6.10 Å². The molecule has 2 N–H and O–H groups in total. The van der Waals surface area contributed by atoms with Gasteiger partial charge in [-0.2, -0.15) is 0 Å². The van der Waals surface area contributed by atoms with Crippen LogP contribution in [0.2, 0.25) is 5.02 Å². The molecule has 2 unspecified atom stereocenters. The number of aliphatic hydroxyl groups is 1. The van der Waals surface area contributed by atoms with Gasteiger partial charge in [-0.3, -0.25) is 0 Å². The van der Waals surface area contributed by atoms with Crippen LogP contribution >= 0.6 is 22.9 Å². The molecule has 1 heterocycles. The topological polar surface area (TPSA) is 54.4 Å². The van der Waals surface area contributed by atoms with Crippen LogP contribution < -0.4 is 10.1 Å². The summed E-state index contributed by atoms with van der Waals surface area (Å²) in [7, 11) is 0. The molecule has 0 aliphatic rings. The molecule has 2 rings (SSSR count). The lowest BCUT2D eigenvalue weighted by molar-refractivity contribution is 0.103. The Kier molecular flexibility index (Phi) is 6.45. The van der Waals surface area contributed by atoms with E-state index in [0.29, 0.717) is 17.3 Å². The fraction of sp³-hybridized carbons (Fsp3) is 0.400. The molecule has 0 radical (unpaired) electrons. The second kappa shape index (κ2) is 8.34. The van der Waals surface area contributed by atoms with Gasteiger partial charge >= 0.3 is 0 Å².